The molecule has 0 aliphatic carbocycles. The van der Waals surface area contributed by atoms with Crippen LogP contribution in [0, 0.1) is 0 Å². The maximum absolute atomic E-state index is 12.3. The lowest BCUT2D eigenvalue weighted by Gasteiger charge is -2.16. The van der Waals surface area contributed by atoms with E-state index in [-0.39, 0.29) is 18.4 Å². The molecule has 0 bridgehead atoms. The summed E-state index contributed by atoms with van der Waals surface area (Å²) < 4.78 is 11.3. The van der Waals surface area contributed by atoms with Crippen LogP contribution in [-0.4, -0.2) is 29.9 Å². The minimum absolute atomic E-state index is 0.124. The number of benzene rings is 2. The third-order valence-electron chi connectivity index (χ3n) is 4.82. The molecule has 2 heterocycles. The number of pyridine rings is 1. The van der Waals surface area contributed by atoms with Gasteiger partial charge >= 0.3 is 0 Å². The van der Waals surface area contributed by atoms with E-state index in [1.807, 2.05) is 42.5 Å². The van der Waals surface area contributed by atoms with Crippen molar-refractivity contribution in [2.45, 2.75) is 19.4 Å². The molecular formula is C24H23N3O4. The van der Waals surface area contributed by atoms with Gasteiger partial charge in [-0.25, -0.2) is 0 Å². The van der Waals surface area contributed by atoms with Crippen molar-refractivity contribution in [3.63, 3.8) is 0 Å². The number of carbonyl (C=O) groups excluding carboxylic acids is 2. The third kappa shape index (κ3) is 5.60. The molecule has 158 valence electrons. The number of ether oxygens (including phenoxy) is 2. The fraction of sp³-hybridized carbons (Fsp3) is 0.208. The Morgan fingerprint density at radius 1 is 1.00 bits per heavy atom. The quantitative estimate of drug-likeness (QED) is 0.603. The summed E-state index contributed by atoms with van der Waals surface area (Å²) in [5, 5.41) is 2.80. The maximum atomic E-state index is 12.3. The molecule has 0 spiro atoms. The van der Waals surface area contributed by atoms with E-state index in [9.17, 15) is 9.59 Å². The van der Waals surface area contributed by atoms with Gasteiger partial charge in [-0.15, -0.1) is 0 Å². The van der Waals surface area contributed by atoms with Crippen LogP contribution in [0.15, 0.2) is 72.9 Å². The number of hydrogen-bond acceptors (Lipinski definition) is 5. The standard InChI is InChI=1S/C24H23N3O4/c28-23(17-31-21-11-9-20(10-12-21)27-14-4-8-24(27)29)26-18-6-3-7-22(15-18)30-16-19-5-1-2-13-25-19/h1-3,5-7,9-13,15H,4,8,14,16-17H2,(H,26,28). The summed E-state index contributed by atoms with van der Waals surface area (Å²) in [5.41, 5.74) is 2.29. The molecule has 0 atom stereocenters. The van der Waals surface area contributed by atoms with E-state index in [2.05, 4.69) is 10.3 Å². The number of hydrogen-bond donors (Lipinski definition) is 1. The first-order valence-corrected chi connectivity index (χ1v) is 10.1. The van der Waals surface area contributed by atoms with Crippen molar-refractivity contribution in [1.82, 2.24) is 4.98 Å². The van der Waals surface area contributed by atoms with Crippen molar-refractivity contribution in [3.8, 4) is 11.5 Å². The van der Waals surface area contributed by atoms with E-state index in [0.29, 0.717) is 30.2 Å². The van der Waals surface area contributed by atoms with Gasteiger partial charge in [0.05, 0.1) is 5.69 Å². The largest absolute Gasteiger partial charge is 0.487 e. The summed E-state index contributed by atoms with van der Waals surface area (Å²) in [5.74, 6) is 1.06. The SMILES string of the molecule is O=C(COc1ccc(N2CCCC2=O)cc1)Nc1cccc(OCc2ccccn2)c1. The highest BCUT2D eigenvalue weighted by Gasteiger charge is 2.21. The van der Waals surface area contributed by atoms with E-state index in [1.165, 1.54) is 0 Å². The number of nitrogens with zero attached hydrogens (tertiary/aromatic N) is 2. The molecule has 1 aliphatic heterocycles. The Balaban J connectivity index is 1.26. The summed E-state index contributed by atoms with van der Waals surface area (Å²) in [6.45, 7) is 0.966. The number of rotatable bonds is 8. The molecule has 0 radical (unpaired) electrons. The number of carbonyl (C=O) groups is 2. The fourth-order valence-electron chi connectivity index (χ4n) is 3.29. The van der Waals surface area contributed by atoms with Gasteiger partial charge in [-0.2, -0.15) is 0 Å². The van der Waals surface area contributed by atoms with Crippen LogP contribution in [0.2, 0.25) is 0 Å². The predicted octanol–water partition coefficient (Wildman–Crippen LogP) is 3.80. The van der Waals surface area contributed by atoms with E-state index in [0.717, 1.165) is 24.3 Å². The molecule has 7 heteroatoms. The molecule has 3 aromatic rings. The van der Waals surface area contributed by atoms with Crippen molar-refractivity contribution in [2.24, 2.45) is 0 Å². The molecule has 7 nitrogen and oxygen atoms in total. The second kappa shape index (κ2) is 9.75. The zero-order valence-corrected chi connectivity index (χ0v) is 17.0. The zero-order chi connectivity index (χ0) is 21.5. The molecule has 1 aliphatic rings. The van der Waals surface area contributed by atoms with Crippen LogP contribution in [0.1, 0.15) is 18.5 Å². The van der Waals surface area contributed by atoms with Gasteiger partial charge in [0.25, 0.3) is 5.91 Å². The summed E-state index contributed by atoms with van der Waals surface area (Å²) >= 11 is 0. The van der Waals surface area contributed by atoms with E-state index in [4.69, 9.17) is 9.47 Å². The Morgan fingerprint density at radius 3 is 2.61 bits per heavy atom. The predicted molar refractivity (Wildman–Crippen MR) is 117 cm³/mol. The molecule has 1 fully saturated rings. The first kappa shape index (κ1) is 20.4. The average molecular weight is 417 g/mol. The smallest absolute Gasteiger partial charge is 0.262 e. The monoisotopic (exact) mass is 417 g/mol. The van der Waals surface area contributed by atoms with E-state index < -0.39 is 0 Å². The highest BCUT2D eigenvalue weighted by atomic mass is 16.5. The van der Waals surface area contributed by atoms with Crippen LogP contribution in [0.4, 0.5) is 11.4 Å². The van der Waals surface area contributed by atoms with Gasteiger partial charge in [-0.1, -0.05) is 12.1 Å². The van der Waals surface area contributed by atoms with Crippen molar-refractivity contribution < 1.29 is 19.1 Å². The highest BCUT2D eigenvalue weighted by Crippen LogP contribution is 2.24. The third-order valence-corrected chi connectivity index (χ3v) is 4.82. The first-order valence-electron chi connectivity index (χ1n) is 10.1. The van der Waals surface area contributed by atoms with Crippen LogP contribution >= 0.6 is 0 Å². The molecule has 0 unspecified atom stereocenters. The molecule has 31 heavy (non-hydrogen) atoms. The molecular weight excluding hydrogens is 394 g/mol. The maximum Gasteiger partial charge on any atom is 0.262 e. The topological polar surface area (TPSA) is 80.8 Å². The summed E-state index contributed by atoms with van der Waals surface area (Å²) in [4.78, 5) is 30.1. The van der Waals surface area contributed by atoms with Crippen LogP contribution in [0.5, 0.6) is 11.5 Å². The minimum atomic E-state index is -0.277. The van der Waals surface area contributed by atoms with Gasteiger partial charge in [0, 0.05) is 36.6 Å². The van der Waals surface area contributed by atoms with Crippen molar-refractivity contribution >= 4 is 23.2 Å². The molecule has 2 aromatic carbocycles. The zero-order valence-electron chi connectivity index (χ0n) is 17.0. The van der Waals surface area contributed by atoms with Gasteiger partial charge in [0.1, 0.15) is 18.1 Å². The lowest BCUT2D eigenvalue weighted by atomic mass is 10.3. The molecule has 0 saturated carbocycles. The second-order valence-corrected chi connectivity index (χ2v) is 7.12. The van der Waals surface area contributed by atoms with Crippen LogP contribution in [-0.2, 0) is 16.2 Å². The molecule has 1 aromatic heterocycles. The van der Waals surface area contributed by atoms with Crippen molar-refractivity contribution in [1.29, 1.82) is 0 Å². The molecule has 4 rings (SSSR count). The van der Waals surface area contributed by atoms with Crippen molar-refractivity contribution in [3.05, 3.63) is 78.6 Å². The minimum Gasteiger partial charge on any atom is -0.487 e. The van der Waals surface area contributed by atoms with Crippen molar-refractivity contribution in [2.75, 3.05) is 23.4 Å². The van der Waals surface area contributed by atoms with Gasteiger partial charge < -0.3 is 19.7 Å². The Morgan fingerprint density at radius 2 is 1.87 bits per heavy atom. The lowest BCUT2D eigenvalue weighted by Crippen LogP contribution is -2.23. The summed E-state index contributed by atoms with van der Waals surface area (Å²) in [7, 11) is 0. The molecule has 1 saturated heterocycles. The number of aromatic nitrogens is 1. The van der Waals surface area contributed by atoms with Crippen LogP contribution < -0.4 is 19.7 Å². The second-order valence-electron chi connectivity index (χ2n) is 7.12. The first-order chi connectivity index (χ1) is 15.2. The average Bonchev–Trinajstić information content (AvgIpc) is 3.23. The molecule has 1 N–H and O–H groups in total. The number of anilines is 2. The van der Waals surface area contributed by atoms with Gasteiger partial charge in [-0.3, -0.25) is 14.6 Å². The fourth-order valence-corrected chi connectivity index (χ4v) is 3.29. The van der Waals surface area contributed by atoms with Gasteiger partial charge in [-0.05, 0) is 55.0 Å². The Bertz CT molecular complexity index is 1040. The highest BCUT2D eigenvalue weighted by molar-refractivity contribution is 5.95. The van der Waals surface area contributed by atoms with E-state index in [1.54, 1.807) is 35.4 Å². The van der Waals surface area contributed by atoms with Gasteiger partial charge in [0.15, 0.2) is 6.61 Å². The Kier molecular flexibility index (Phi) is 6.42. The van der Waals surface area contributed by atoms with E-state index >= 15 is 0 Å². The Labute approximate surface area is 180 Å². The lowest BCUT2D eigenvalue weighted by molar-refractivity contribution is -0.118. The van der Waals surface area contributed by atoms with Gasteiger partial charge in [0.2, 0.25) is 5.91 Å². The summed E-state index contributed by atoms with van der Waals surface area (Å²) in [6.07, 6.45) is 3.19. The number of nitrogens with one attached hydrogen (secondary N) is 1. The van der Waals surface area contributed by atoms with Crippen LogP contribution in [0.25, 0.3) is 0 Å². The Hall–Kier alpha value is -3.87. The summed E-state index contributed by atoms with van der Waals surface area (Å²) in [6, 6.07) is 20.0. The van der Waals surface area contributed by atoms with Crippen LogP contribution in [0.3, 0.4) is 0 Å². The molecule has 2 amide bonds. The normalized spacial score (nSPS) is 13.2. The number of amides is 2.